The standard InChI is InChI=1S/C23H22N6.C23H24N6.2H2/c1-15-8-16(11-24)9-17-4-3-5-21(23(15)17)27-19-7-6-18-12-26-29(22(18)10-19)20-13-25-28(2)14-20;1-15-8-16(11-24)9-17-4-3-5-21(23(15)17)27-19-7-6-18(12-25)22(10-19)28-20-13-26-29(2)14-20;;/h6-10,12-14,21,27H,3-5H2,1-2H3;6-10,12-14,21,25,27-28H,3-5H2,1-2H3;2*1H/t2*21-;;/m10../s1. The Bertz CT molecular complexity index is 2750. The first kappa shape index (κ1) is 37.7. The van der Waals surface area contributed by atoms with Crippen molar-refractivity contribution in [3.63, 3.8) is 0 Å². The van der Waals surface area contributed by atoms with Gasteiger partial charge in [-0.3, -0.25) is 9.36 Å². The van der Waals surface area contributed by atoms with Gasteiger partial charge in [-0.2, -0.15) is 25.8 Å². The molecule has 3 heterocycles. The molecular formula is C46H50N12. The first-order chi connectivity index (χ1) is 28.2. The van der Waals surface area contributed by atoms with Gasteiger partial charge in [-0.25, -0.2) is 4.68 Å². The Morgan fingerprint density at radius 1 is 0.724 bits per heavy atom. The van der Waals surface area contributed by atoms with E-state index in [1.54, 1.807) is 15.6 Å². The van der Waals surface area contributed by atoms with E-state index in [9.17, 15) is 10.5 Å². The highest BCUT2D eigenvalue weighted by atomic mass is 15.3. The van der Waals surface area contributed by atoms with Gasteiger partial charge in [-0.15, -0.1) is 0 Å². The number of anilines is 4. The van der Waals surface area contributed by atoms with E-state index in [2.05, 4.69) is 81.5 Å². The van der Waals surface area contributed by atoms with Gasteiger partial charge in [0.05, 0.1) is 71.3 Å². The summed E-state index contributed by atoms with van der Waals surface area (Å²) in [5.41, 5.74) is 15.7. The third kappa shape index (κ3) is 7.78. The second-order valence-corrected chi connectivity index (χ2v) is 15.3. The van der Waals surface area contributed by atoms with Gasteiger partial charge in [-0.05, 0) is 146 Å². The number of aryl methyl sites for hydroxylation is 6. The Morgan fingerprint density at radius 2 is 1.33 bits per heavy atom. The molecule has 9 rings (SSSR count). The van der Waals surface area contributed by atoms with Gasteiger partial charge >= 0.3 is 0 Å². The van der Waals surface area contributed by atoms with Gasteiger partial charge < -0.3 is 21.4 Å². The zero-order valence-corrected chi connectivity index (χ0v) is 33.2. The van der Waals surface area contributed by atoms with E-state index in [1.807, 2.05) is 80.0 Å². The van der Waals surface area contributed by atoms with Crippen molar-refractivity contribution in [2.45, 2.75) is 64.5 Å². The van der Waals surface area contributed by atoms with E-state index in [1.165, 1.54) is 39.6 Å². The third-order valence-electron chi connectivity index (χ3n) is 11.2. The summed E-state index contributed by atoms with van der Waals surface area (Å²) < 4.78 is 5.45. The van der Waals surface area contributed by atoms with Crippen LogP contribution in [0.15, 0.2) is 91.6 Å². The third-order valence-corrected chi connectivity index (χ3v) is 11.2. The van der Waals surface area contributed by atoms with Gasteiger partial charge in [-0.1, -0.05) is 0 Å². The molecule has 0 bridgehead atoms. The maximum atomic E-state index is 9.29. The zero-order valence-electron chi connectivity index (χ0n) is 33.2. The summed E-state index contributed by atoms with van der Waals surface area (Å²) in [4.78, 5) is 0. The van der Waals surface area contributed by atoms with Gasteiger partial charge in [0.25, 0.3) is 0 Å². The van der Waals surface area contributed by atoms with Crippen molar-refractivity contribution in [3.05, 3.63) is 142 Å². The average Bonchev–Trinajstić information content (AvgIpc) is 3.97. The monoisotopic (exact) mass is 770 g/mol. The Hall–Kier alpha value is -7.18. The first-order valence-corrected chi connectivity index (χ1v) is 19.7. The summed E-state index contributed by atoms with van der Waals surface area (Å²) >= 11 is 0. The lowest BCUT2D eigenvalue weighted by molar-refractivity contribution is 0.597. The van der Waals surface area contributed by atoms with Crippen molar-refractivity contribution >= 4 is 39.9 Å². The van der Waals surface area contributed by atoms with Crippen LogP contribution in [0.5, 0.6) is 0 Å². The minimum Gasteiger partial charge on any atom is -0.378 e. The fraction of sp³-hybridized carbons (Fsp3) is 0.261. The fourth-order valence-corrected chi connectivity index (χ4v) is 8.61. The summed E-state index contributed by atoms with van der Waals surface area (Å²) in [6.07, 6.45) is 17.1. The van der Waals surface area contributed by atoms with Crippen molar-refractivity contribution in [1.29, 1.82) is 15.9 Å². The van der Waals surface area contributed by atoms with Crippen molar-refractivity contribution in [1.82, 2.24) is 29.3 Å². The molecule has 0 fully saturated rings. The normalized spacial score (nSPS) is 15.6. The summed E-state index contributed by atoms with van der Waals surface area (Å²) in [6, 6.07) is 25.5. The van der Waals surface area contributed by atoms with Gasteiger partial charge in [0, 0.05) is 57.4 Å². The number of hydrogen-bond donors (Lipinski definition) is 4. The number of fused-ring (bicyclic) bond motifs is 3. The van der Waals surface area contributed by atoms with E-state index in [4.69, 9.17) is 5.41 Å². The lowest BCUT2D eigenvalue weighted by Crippen LogP contribution is -2.19. The molecule has 0 aliphatic heterocycles. The average molecular weight is 771 g/mol. The maximum absolute atomic E-state index is 9.29. The Morgan fingerprint density at radius 3 is 1.90 bits per heavy atom. The van der Waals surface area contributed by atoms with Crippen molar-refractivity contribution in [3.8, 4) is 17.8 Å². The van der Waals surface area contributed by atoms with Crippen LogP contribution in [0.1, 0.15) is 90.7 Å². The molecule has 2 atom stereocenters. The topological polar surface area (TPSA) is 161 Å². The van der Waals surface area contributed by atoms with E-state index in [0.717, 1.165) is 94.6 Å². The fourth-order valence-electron chi connectivity index (χ4n) is 8.61. The van der Waals surface area contributed by atoms with E-state index in [-0.39, 0.29) is 14.9 Å². The molecule has 3 aromatic heterocycles. The lowest BCUT2D eigenvalue weighted by atomic mass is 9.83. The smallest absolute Gasteiger partial charge is 0.103 e. The lowest BCUT2D eigenvalue weighted by Gasteiger charge is -2.29. The summed E-state index contributed by atoms with van der Waals surface area (Å²) in [6.45, 7) is 4.20. The molecule has 7 aromatic rings. The van der Waals surface area contributed by atoms with Crippen LogP contribution in [-0.2, 0) is 26.9 Å². The van der Waals surface area contributed by atoms with Crippen molar-refractivity contribution in [2.75, 3.05) is 16.0 Å². The highest BCUT2D eigenvalue weighted by molar-refractivity contribution is 5.89. The molecule has 0 amide bonds. The highest BCUT2D eigenvalue weighted by Crippen LogP contribution is 2.38. The molecular weight excluding hydrogens is 721 g/mol. The predicted octanol–water partition coefficient (Wildman–Crippen LogP) is 9.75. The number of nitrogens with zero attached hydrogens (tertiary/aromatic N) is 8. The molecule has 0 saturated carbocycles. The number of nitrogens with one attached hydrogen (secondary N) is 4. The predicted molar refractivity (Wildman–Crippen MR) is 233 cm³/mol. The Kier molecular flexibility index (Phi) is 10.5. The molecule has 12 heteroatoms. The molecule has 2 aliphatic rings. The van der Waals surface area contributed by atoms with E-state index in [0.29, 0.717) is 0 Å². The van der Waals surface area contributed by atoms with E-state index >= 15 is 0 Å². The highest BCUT2D eigenvalue weighted by Gasteiger charge is 2.24. The molecule has 4 aromatic carbocycles. The number of aromatic nitrogens is 6. The summed E-state index contributed by atoms with van der Waals surface area (Å²) in [5.74, 6) is 0. The van der Waals surface area contributed by atoms with Crippen LogP contribution >= 0.6 is 0 Å². The van der Waals surface area contributed by atoms with Crippen LogP contribution in [0.4, 0.5) is 22.7 Å². The maximum Gasteiger partial charge on any atom is 0.103 e. The summed E-state index contributed by atoms with van der Waals surface area (Å²) in [5, 5.41) is 51.1. The Balaban J connectivity index is 0.000000195. The molecule has 2 aliphatic carbocycles. The van der Waals surface area contributed by atoms with Crippen LogP contribution in [0.2, 0.25) is 0 Å². The van der Waals surface area contributed by atoms with Gasteiger partial charge in [0.1, 0.15) is 5.69 Å². The molecule has 4 N–H and O–H groups in total. The van der Waals surface area contributed by atoms with Crippen LogP contribution in [0.25, 0.3) is 16.6 Å². The molecule has 58 heavy (non-hydrogen) atoms. The first-order valence-electron chi connectivity index (χ1n) is 19.7. The molecule has 0 unspecified atom stereocenters. The van der Waals surface area contributed by atoms with Crippen LogP contribution in [-0.4, -0.2) is 35.6 Å². The minimum atomic E-state index is 0. The number of hydrogen-bond acceptors (Lipinski definition) is 9. The van der Waals surface area contributed by atoms with Gasteiger partial charge in [0.15, 0.2) is 0 Å². The van der Waals surface area contributed by atoms with Gasteiger partial charge in [0.2, 0.25) is 0 Å². The van der Waals surface area contributed by atoms with Crippen LogP contribution in [0, 0.1) is 41.9 Å². The van der Waals surface area contributed by atoms with Crippen molar-refractivity contribution in [2.24, 2.45) is 14.1 Å². The second-order valence-electron chi connectivity index (χ2n) is 15.3. The SMILES string of the molecule is Cc1cc(C#N)cc2c1[C@@H](Nc1ccc(C=N)c(Nc3cnn(C)c3)c1)CCC2.Cc1cc(C#N)cc2c1[C@H](Nc1ccc3cnn(-c4cnn(C)c4)c3c1)CCC2.[HH].[HH]. The number of benzene rings is 4. The molecule has 0 radical (unpaired) electrons. The Labute approximate surface area is 341 Å². The second kappa shape index (κ2) is 16.1. The number of rotatable bonds is 8. The molecule has 0 saturated heterocycles. The largest absolute Gasteiger partial charge is 0.378 e. The quantitative estimate of drug-likeness (QED) is 0.111. The number of nitriles is 2. The van der Waals surface area contributed by atoms with Crippen molar-refractivity contribution < 1.29 is 2.85 Å². The minimum absolute atomic E-state index is 0. The summed E-state index contributed by atoms with van der Waals surface area (Å²) in [7, 11) is 3.78. The molecule has 294 valence electrons. The zero-order chi connectivity index (χ0) is 40.3. The van der Waals surface area contributed by atoms with Crippen LogP contribution < -0.4 is 16.0 Å². The van der Waals surface area contributed by atoms with Crippen LogP contribution in [0.3, 0.4) is 0 Å². The molecule has 12 nitrogen and oxygen atoms in total. The van der Waals surface area contributed by atoms with E-state index < -0.39 is 0 Å². The molecule has 0 spiro atoms.